The number of halogens is 1. The van der Waals surface area contributed by atoms with Crippen LogP contribution in [0.15, 0.2) is 18.2 Å². The van der Waals surface area contributed by atoms with Gasteiger partial charge in [-0.05, 0) is 23.6 Å². The Kier molecular flexibility index (Phi) is 4.97. The first-order chi connectivity index (χ1) is 8.08. The molecular formula is C12H13ClO4. The number of aromatic carboxylic acids is 1. The van der Waals surface area contributed by atoms with Crippen LogP contribution in [-0.4, -0.2) is 24.2 Å². The van der Waals surface area contributed by atoms with Gasteiger partial charge in [-0.25, -0.2) is 4.79 Å². The molecule has 0 aliphatic carbocycles. The number of ether oxygens (including phenoxy) is 1. The number of carbonyl (C=O) groups excluding carboxylic acids is 1. The van der Waals surface area contributed by atoms with Crippen LogP contribution in [0.3, 0.4) is 0 Å². The molecule has 0 amide bonds. The second kappa shape index (κ2) is 6.25. The number of alkyl halides is 1. The Labute approximate surface area is 104 Å². The highest BCUT2D eigenvalue weighted by Crippen LogP contribution is 2.16. The van der Waals surface area contributed by atoms with E-state index < -0.39 is 5.97 Å². The van der Waals surface area contributed by atoms with Gasteiger partial charge in [-0.3, -0.25) is 4.79 Å². The molecule has 0 fully saturated rings. The number of carboxylic acids is 1. The number of carbonyl (C=O) groups is 2. The van der Waals surface area contributed by atoms with E-state index in [-0.39, 0.29) is 23.8 Å². The molecule has 0 saturated heterocycles. The van der Waals surface area contributed by atoms with Gasteiger partial charge >= 0.3 is 11.9 Å². The fourth-order valence-corrected chi connectivity index (χ4v) is 1.63. The first-order valence-electron chi connectivity index (χ1n) is 5.06. The average Bonchev–Trinajstić information content (AvgIpc) is 2.35. The fraction of sp³-hybridized carbons (Fsp3) is 0.333. The third-order valence-electron chi connectivity index (χ3n) is 2.39. The fourth-order valence-electron chi connectivity index (χ4n) is 1.46. The molecule has 4 nitrogen and oxygen atoms in total. The first-order valence-corrected chi connectivity index (χ1v) is 5.59. The molecule has 17 heavy (non-hydrogen) atoms. The number of hydrogen-bond donors (Lipinski definition) is 1. The van der Waals surface area contributed by atoms with E-state index in [1.165, 1.54) is 13.2 Å². The summed E-state index contributed by atoms with van der Waals surface area (Å²) in [5, 5.41) is 9.05. The first kappa shape index (κ1) is 13.5. The van der Waals surface area contributed by atoms with Crippen LogP contribution in [0.25, 0.3) is 0 Å². The summed E-state index contributed by atoms with van der Waals surface area (Å²) in [5.41, 5.74) is 1.54. The zero-order valence-corrected chi connectivity index (χ0v) is 10.2. The molecular weight excluding hydrogens is 244 g/mol. The summed E-state index contributed by atoms with van der Waals surface area (Å²) in [6.45, 7) is 0. The molecule has 0 heterocycles. The minimum absolute atomic E-state index is 0.164. The van der Waals surface area contributed by atoms with Crippen LogP contribution < -0.4 is 0 Å². The topological polar surface area (TPSA) is 63.6 Å². The number of hydrogen-bond acceptors (Lipinski definition) is 3. The van der Waals surface area contributed by atoms with Crippen molar-refractivity contribution < 1.29 is 19.4 Å². The molecule has 0 aliphatic rings. The van der Waals surface area contributed by atoms with E-state index in [0.717, 1.165) is 5.56 Å². The molecule has 0 saturated carbocycles. The molecule has 92 valence electrons. The smallest absolute Gasteiger partial charge is 0.335 e. The zero-order valence-electron chi connectivity index (χ0n) is 9.40. The summed E-state index contributed by atoms with van der Waals surface area (Å²) < 4.78 is 4.51. The molecule has 0 radical (unpaired) electrons. The highest BCUT2D eigenvalue weighted by atomic mass is 35.5. The van der Waals surface area contributed by atoms with Gasteiger partial charge in [0, 0.05) is 12.3 Å². The monoisotopic (exact) mass is 256 g/mol. The third-order valence-corrected chi connectivity index (χ3v) is 2.69. The SMILES string of the molecule is COC(=O)CCc1ccc(CCl)cc1C(=O)O. The highest BCUT2D eigenvalue weighted by Gasteiger charge is 2.12. The van der Waals surface area contributed by atoms with Crippen molar-refractivity contribution in [2.24, 2.45) is 0 Å². The molecule has 0 unspecified atom stereocenters. The summed E-state index contributed by atoms with van der Waals surface area (Å²) >= 11 is 5.64. The van der Waals surface area contributed by atoms with Crippen molar-refractivity contribution in [3.05, 3.63) is 34.9 Å². The second-order valence-corrected chi connectivity index (χ2v) is 3.77. The maximum absolute atomic E-state index is 11.0. The van der Waals surface area contributed by atoms with Gasteiger partial charge in [0.05, 0.1) is 12.7 Å². The lowest BCUT2D eigenvalue weighted by atomic mass is 10.0. The average molecular weight is 257 g/mol. The molecule has 1 N–H and O–H groups in total. The Hall–Kier alpha value is -1.55. The van der Waals surface area contributed by atoms with Crippen molar-refractivity contribution in [2.45, 2.75) is 18.7 Å². The number of rotatable bonds is 5. The number of carboxylic acid groups (broad SMARTS) is 1. The van der Waals surface area contributed by atoms with E-state index in [1.54, 1.807) is 12.1 Å². The molecule has 0 spiro atoms. The van der Waals surface area contributed by atoms with Crippen LogP contribution in [-0.2, 0) is 21.8 Å². The maximum atomic E-state index is 11.0. The quantitative estimate of drug-likeness (QED) is 0.648. The molecule has 0 atom stereocenters. The van der Waals surface area contributed by atoms with Crippen LogP contribution in [0.5, 0.6) is 0 Å². The van der Waals surface area contributed by atoms with Crippen LogP contribution in [0.2, 0.25) is 0 Å². The molecule has 5 heteroatoms. The lowest BCUT2D eigenvalue weighted by Gasteiger charge is -2.07. The number of methoxy groups -OCH3 is 1. The summed E-state index contributed by atoms with van der Waals surface area (Å²) in [7, 11) is 1.30. The van der Waals surface area contributed by atoms with Crippen LogP contribution in [0.4, 0.5) is 0 Å². The normalized spacial score (nSPS) is 10.0. The van der Waals surface area contributed by atoms with Gasteiger partial charge in [-0.2, -0.15) is 0 Å². The predicted molar refractivity (Wildman–Crippen MR) is 63.3 cm³/mol. The van der Waals surface area contributed by atoms with Gasteiger partial charge in [0.1, 0.15) is 0 Å². The highest BCUT2D eigenvalue weighted by molar-refractivity contribution is 6.17. The summed E-state index contributed by atoms with van der Waals surface area (Å²) in [6.07, 6.45) is 0.508. The predicted octanol–water partition coefficient (Wildman–Crippen LogP) is 2.23. The van der Waals surface area contributed by atoms with E-state index in [9.17, 15) is 9.59 Å². The number of benzene rings is 1. The largest absolute Gasteiger partial charge is 0.478 e. The molecule has 0 bridgehead atoms. The zero-order chi connectivity index (χ0) is 12.8. The van der Waals surface area contributed by atoms with E-state index in [4.69, 9.17) is 16.7 Å². The van der Waals surface area contributed by atoms with E-state index in [1.807, 2.05) is 0 Å². The molecule has 1 aromatic rings. The summed E-state index contributed by atoms with van der Waals surface area (Å²) in [6, 6.07) is 4.97. The van der Waals surface area contributed by atoms with Crippen molar-refractivity contribution in [3.8, 4) is 0 Å². The third kappa shape index (κ3) is 3.75. The van der Waals surface area contributed by atoms with Gasteiger partial charge in [-0.15, -0.1) is 11.6 Å². The number of aryl methyl sites for hydroxylation is 1. The van der Waals surface area contributed by atoms with E-state index in [0.29, 0.717) is 12.0 Å². The molecule has 1 aromatic carbocycles. The minimum Gasteiger partial charge on any atom is -0.478 e. The minimum atomic E-state index is -1.02. The Morgan fingerprint density at radius 2 is 2.12 bits per heavy atom. The van der Waals surface area contributed by atoms with Crippen molar-refractivity contribution in [3.63, 3.8) is 0 Å². The van der Waals surface area contributed by atoms with Gasteiger partial charge in [0.25, 0.3) is 0 Å². The van der Waals surface area contributed by atoms with Crippen molar-refractivity contribution in [2.75, 3.05) is 7.11 Å². The number of esters is 1. The van der Waals surface area contributed by atoms with Crippen molar-refractivity contribution in [1.29, 1.82) is 0 Å². The van der Waals surface area contributed by atoms with Gasteiger partial charge in [0.2, 0.25) is 0 Å². The Balaban J connectivity index is 2.90. The van der Waals surface area contributed by atoms with E-state index in [2.05, 4.69) is 4.74 Å². The van der Waals surface area contributed by atoms with Crippen LogP contribution in [0, 0.1) is 0 Å². The van der Waals surface area contributed by atoms with Crippen LogP contribution in [0.1, 0.15) is 27.9 Å². The van der Waals surface area contributed by atoms with Gasteiger partial charge < -0.3 is 9.84 Å². The Morgan fingerprint density at radius 3 is 2.65 bits per heavy atom. The molecule has 0 aliphatic heterocycles. The van der Waals surface area contributed by atoms with Crippen LogP contribution >= 0.6 is 11.6 Å². The molecule has 1 rings (SSSR count). The summed E-state index contributed by atoms with van der Waals surface area (Å²) in [5.74, 6) is -1.11. The van der Waals surface area contributed by atoms with Gasteiger partial charge in [0.15, 0.2) is 0 Å². The Morgan fingerprint density at radius 1 is 1.41 bits per heavy atom. The summed E-state index contributed by atoms with van der Waals surface area (Å²) in [4.78, 5) is 22.0. The van der Waals surface area contributed by atoms with E-state index >= 15 is 0 Å². The second-order valence-electron chi connectivity index (χ2n) is 3.51. The van der Waals surface area contributed by atoms with Crippen molar-refractivity contribution >= 4 is 23.5 Å². The van der Waals surface area contributed by atoms with Gasteiger partial charge in [-0.1, -0.05) is 12.1 Å². The maximum Gasteiger partial charge on any atom is 0.335 e. The Bertz CT molecular complexity index is 429. The standard InChI is InChI=1S/C12H13ClO4/c1-17-11(14)5-4-9-3-2-8(7-13)6-10(9)12(15)16/h2-3,6H,4-5,7H2,1H3,(H,15,16). The molecule has 0 aromatic heterocycles. The lowest BCUT2D eigenvalue weighted by molar-refractivity contribution is -0.140. The lowest BCUT2D eigenvalue weighted by Crippen LogP contribution is -2.07. The van der Waals surface area contributed by atoms with Crippen molar-refractivity contribution in [1.82, 2.24) is 0 Å².